The summed E-state index contributed by atoms with van der Waals surface area (Å²) in [5.74, 6) is -0.753. The Balaban J connectivity index is 1.76. The van der Waals surface area contributed by atoms with E-state index in [1.807, 2.05) is 32.9 Å². The first kappa shape index (κ1) is 26.6. The summed E-state index contributed by atoms with van der Waals surface area (Å²) in [6.07, 6.45) is -2.43. The average molecular weight is 504 g/mol. The Morgan fingerprint density at radius 1 is 1.00 bits per heavy atom. The molecular weight excluding hydrogens is 475 g/mol. The Bertz CT molecular complexity index is 1200. The first-order chi connectivity index (χ1) is 16.5. The highest BCUT2D eigenvalue weighted by Crippen LogP contribution is 2.35. The highest BCUT2D eigenvalue weighted by Gasteiger charge is 2.30. The lowest BCUT2D eigenvalue weighted by atomic mass is 9.95. The molecule has 0 saturated heterocycles. The smallest absolute Gasteiger partial charge is 0.416 e. The predicted molar refractivity (Wildman–Crippen MR) is 131 cm³/mol. The van der Waals surface area contributed by atoms with Crippen molar-refractivity contribution < 1.29 is 27.9 Å². The second kappa shape index (κ2) is 11.2. The zero-order valence-corrected chi connectivity index (χ0v) is 20.7. The fourth-order valence-electron chi connectivity index (χ4n) is 3.90. The molecule has 0 aliphatic rings. The number of halogens is 3. The molecule has 3 aromatic rings. The molecule has 0 unspecified atom stereocenters. The fourth-order valence-corrected chi connectivity index (χ4v) is 5.13. The average Bonchev–Trinajstić information content (AvgIpc) is 3.25. The second-order valence-corrected chi connectivity index (χ2v) is 9.79. The third-order valence-corrected chi connectivity index (χ3v) is 7.01. The number of aliphatic carboxylic acids is 1. The molecule has 3 rings (SSSR count). The maximum absolute atomic E-state index is 12.9. The molecule has 1 N–H and O–H groups in total. The number of carbonyl (C=O) groups excluding carboxylic acids is 1. The number of Topliss-reactive ketones (excluding diaryl/α,β-unsaturated/α-hetero) is 1. The van der Waals surface area contributed by atoms with Crippen LogP contribution in [0.3, 0.4) is 0 Å². The van der Waals surface area contributed by atoms with Gasteiger partial charge in [-0.25, -0.2) is 4.98 Å². The number of rotatable bonds is 10. The Morgan fingerprint density at radius 2 is 1.69 bits per heavy atom. The van der Waals surface area contributed by atoms with Gasteiger partial charge in [-0.05, 0) is 54.5 Å². The van der Waals surface area contributed by atoms with Crippen LogP contribution in [-0.2, 0) is 30.2 Å². The third-order valence-electron chi connectivity index (χ3n) is 5.83. The van der Waals surface area contributed by atoms with E-state index in [4.69, 9.17) is 5.11 Å². The van der Waals surface area contributed by atoms with Gasteiger partial charge in [0.15, 0.2) is 5.78 Å². The van der Waals surface area contributed by atoms with Crippen molar-refractivity contribution in [2.75, 3.05) is 0 Å². The van der Waals surface area contributed by atoms with Crippen LogP contribution < -0.4 is 0 Å². The van der Waals surface area contributed by atoms with E-state index in [0.717, 1.165) is 33.8 Å². The molecule has 4 nitrogen and oxygen atoms in total. The molecule has 186 valence electrons. The van der Waals surface area contributed by atoms with Crippen molar-refractivity contribution in [3.05, 3.63) is 75.3 Å². The molecule has 35 heavy (non-hydrogen) atoms. The van der Waals surface area contributed by atoms with E-state index in [-0.39, 0.29) is 24.5 Å². The van der Waals surface area contributed by atoms with Gasteiger partial charge in [0.1, 0.15) is 5.01 Å². The first-order valence-corrected chi connectivity index (χ1v) is 12.3. The summed E-state index contributed by atoms with van der Waals surface area (Å²) in [6, 6.07) is 10.4. The van der Waals surface area contributed by atoms with E-state index >= 15 is 0 Å². The molecule has 0 amide bonds. The summed E-state index contributed by atoms with van der Waals surface area (Å²) in [5.41, 5.74) is 3.29. The molecule has 0 atom stereocenters. The first-order valence-electron chi connectivity index (χ1n) is 11.5. The van der Waals surface area contributed by atoms with Crippen LogP contribution in [0.25, 0.3) is 10.6 Å². The molecule has 8 heteroatoms. The minimum Gasteiger partial charge on any atom is -0.481 e. The number of aryl methyl sites for hydroxylation is 3. The van der Waals surface area contributed by atoms with E-state index in [9.17, 15) is 22.8 Å². The van der Waals surface area contributed by atoms with E-state index in [0.29, 0.717) is 35.4 Å². The highest BCUT2D eigenvalue weighted by atomic mass is 32.1. The largest absolute Gasteiger partial charge is 0.481 e. The second-order valence-electron chi connectivity index (χ2n) is 8.71. The number of carboxylic acids is 1. The number of hydrogen-bond donors (Lipinski definition) is 1. The van der Waals surface area contributed by atoms with Gasteiger partial charge < -0.3 is 5.11 Å². The molecule has 1 aromatic heterocycles. The van der Waals surface area contributed by atoms with Crippen LogP contribution in [0, 0.1) is 0 Å². The number of nitrogens with zero attached hydrogens (tertiary/aromatic N) is 1. The molecule has 0 spiro atoms. The standard InChI is InChI=1S/C27H28F3NO3S/c1-4-17-15-20(6-5-18(17)9-14-24(33)34)22(32)12-13-23-25(16(2)3)31-26(35-23)19-7-10-21(11-8-19)27(28,29)30/h5-8,10-11,15-16H,4,9,12-14H2,1-3H3,(H,33,34). The van der Waals surface area contributed by atoms with Gasteiger partial charge in [0.25, 0.3) is 0 Å². The third kappa shape index (κ3) is 6.78. The van der Waals surface area contributed by atoms with Crippen molar-refractivity contribution in [2.45, 2.75) is 65.0 Å². The van der Waals surface area contributed by atoms with Crippen molar-refractivity contribution in [1.82, 2.24) is 4.98 Å². The maximum Gasteiger partial charge on any atom is 0.416 e. The fraction of sp³-hybridized carbons (Fsp3) is 0.370. The van der Waals surface area contributed by atoms with E-state index in [2.05, 4.69) is 4.98 Å². The molecule has 0 fully saturated rings. The Hall–Kier alpha value is -3.00. The zero-order chi connectivity index (χ0) is 25.8. The van der Waals surface area contributed by atoms with Crippen molar-refractivity contribution in [1.29, 1.82) is 0 Å². The number of thiazole rings is 1. The number of alkyl halides is 3. The normalized spacial score (nSPS) is 11.7. The molecule has 2 aromatic carbocycles. The number of benzene rings is 2. The van der Waals surface area contributed by atoms with Crippen LogP contribution in [0.1, 0.15) is 77.2 Å². The summed E-state index contributed by atoms with van der Waals surface area (Å²) in [4.78, 5) is 29.5. The van der Waals surface area contributed by atoms with Crippen molar-refractivity contribution in [3.8, 4) is 10.6 Å². The summed E-state index contributed by atoms with van der Waals surface area (Å²) in [5, 5.41) is 9.58. The minimum atomic E-state index is -4.39. The van der Waals surface area contributed by atoms with Crippen LogP contribution in [-0.4, -0.2) is 21.8 Å². The number of ketones is 1. The molecule has 1 heterocycles. The summed E-state index contributed by atoms with van der Waals surface area (Å²) in [6.45, 7) is 5.98. The van der Waals surface area contributed by atoms with Crippen LogP contribution in [0.2, 0.25) is 0 Å². The monoisotopic (exact) mass is 503 g/mol. The van der Waals surface area contributed by atoms with Gasteiger partial charge in [-0.3, -0.25) is 9.59 Å². The van der Waals surface area contributed by atoms with Crippen molar-refractivity contribution >= 4 is 23.1 Å². The lowest BCUT2D eigenvalue weighted by Gasteiger charge is -2.10. The number of hydrogen-bond acceptors (Lipinski definition) is 4. The van der Waals surface area contributed by atoms with Crippen molar-refractivity contribution in [2.24, 2.45) is 0 Å². The SMILES string of the molecule is CCc1cc(C(=O)CCc2sc(-c3ccc(C(F)(F)F)cc3)nc2C(C)C)ccc1CCC(=O)O. The van der Waals surface area contributed by atoms with Crippen LogP contribution >= 0.6 is 11.3 Å². The predicted octanol–water partition coefficient (Wildman–Crippen LogP) is 7.35. The molecule has 0 bridgehead atoms. The van der Waals surface area contributed by atoms with Crippen molar-refractivity contribution in [3.63, 3.8) is 0 Å². The molecule has 0 radical (unpaired) electrons. The van der Waals surface area contributed by atoms with Gasteiger partial charge in [0, 0.05) is 28.8 Å². The highest BCUT2D eigenvalue weighted by molar-refractivity contribution is 7.15. The number of aromatic nitrogens is 1. The summed E-state index contributed by atoms with van der Waals surface area (Å²) >= 11 is 1.41. The van der Waals surface area contributed by atoms with Gasteiger partial charge in [-0.2, -0.15) is 13.2 Å². The number of carbonyl (C=O) groups is 2. The van der Waals surface area contributed by atoms with Gasteiger partial charge in [0.05, 0.1) is 11.3 Å². The topological polar surface area (TPSA) is 67.3 Å². The lowest BCUT2D eigenvalue weighted by Crippen LogP contribution is -2.05. The Kier molecular flexibility index (Phi) is 8.48. The number of carboxylic acid groups (broad SMARTS) is 1. The van der Waals surface area contributed by atoms with Crippen LogP contribution in [0.5, 0.6) is 0 Å². The lowest BCUT2D eigenvalue weighted by molar-refractivity contribution is -0.138. The van der Waals surface area contributed by atoms with Crippen LogP contribution in [0.4, 0.5) is 13.2 Å². The zero-order valence-electron chi connectivity index (χ0n) is 19.9. The van der Waals surface area contributed by atoms with Crippen LogP contribution in [0.15, 0.2) is 42.5 Å². The summed E-state index contributed by atoms with van der Waals surface area (Å²) < 4.78 is 38.7. The molecule has 0 saturated carbocycles. The van der Waals surface area contributed by atoms with Gasteiger partial charge in [-0.15, -0.1) is 11.3 Å². The van der Waals surface area contributed by atoms with E-state index in [1.165, 1.54) is 23.5 Å². The molecule has 0 aliphatic heterocycles. The van der Waals surface area contributed by atoms with Gasteiger partial charge in [-0.1, -0.05) is 45.0 Å². The van der Waals surface area contributed by atoms with Gasteiger partial charge in [0.2, 0.25) is 0 Å². The quantitative estimate of drug-likeness (QED) is 0.294. The maximum atomic E-state index is 12.9. The molecular formula is C27H28F3NO3S. The Labute approximate surface area is 206 Å². The molecule has 0 aliphatic carbocycles. The Morgan fingerprint density at radius 3 is 2.26 bits per heavy atom. The summed E-state index contributed by atoms with van der Waals surface area (Å²) in [7, 11) is 0. The van der Waals surface area contributed by atoms with Gasteiger partial charge >= 0.3 is 12.1 Å². The van der Waals surface area contributed by atoms with E-state index < -0.39 is 17.7 Å². The minimum absolute atomic E-state index is 0.0105. The van der Waals surface area contributed by atoms with E-state index in [1.54, 1.807) is 6.07 Å².